The van der Waals surface area contributed by atoms with E-state index >= 15 is 0 Å². The number of morpholine rings is 1. The van der Waals surface area contributed by atoms with E-state index in [2.05, 4.69) is 31.9 Å². The molecule has 0 aliphatic carbocycles. The number of hydrogen-bond acceptors (Lipinski definition) is 19. The number of carbonyl (C=O) groups is 6. The summed E-state index contributed by atoms with van der Waals surface area (Å²) in [5, 5.41) is 20.5. The predicted octanol–water partition coefficient (Wildman–Crippen LogP) is 12.6. The summed E-state index contributed by atoms with van der Waals surface area (Å²) in [5.74, 6) is -7.80. The average Bonchev–Trinajstić information content (AvgIpc) is 0.770. The van der Waals surface area contributed by atoms with Crippen LogP contribution in [0, 0.1) is 15.0 Å². The molecule has 27 nitrogen and oxygen atoms in total. The molecule has 101 heavy (non-hydrogen) atoms. The van der Waals surface area contributed by atoms with Crippen molar-refractivity contribution in [1.82, 2.24) is 0 Å². The molecule has 1 aliphatic heterocycles. The maximum absolute atomic E-state index is 14.5. The van der Waals surface area contributed by atoms with Crippen LogP contribution in [-0.4, -0.2) is 118 Å². The number of nitrogens with one attached hydrogen (secondary N) is 3. The molecule has 9 aromatic rings. The lowest BCUT2D eigenvalue weighted by molar-refractivity contribution is -0.713. The van der Waals surface area contributed by atoms with Crippen LogP contribution in [0.3, 0.4) is 0 Å². The molecule has 0 spiro atoms. The van der Waals surface area contributed by atoms with Crippen molar-refractivity contribution >= 4 is 168 Å². The van der Waals surface area contributed by atoms with Crippen LogP contribution in [0.15, 0.2) is 213 Å². The molecule has 0 aromatic heterocycles. The summed E-state index contributed by atoms with van der Waals surface area (Å²) < 4.78 is 97.6. The quantitative estimate of drug-likeness (QED) is 0.0245. The van der Waals surface area contributed by atoms with E-state index in [4.69, 9.17) is 49.1 Å². The molecule has 1 aliphatic rings. The van der Waals surface area contributed by atoms with Crippen LogP contribution in [0.25, 0.3) is 0 Å². The van der Waals surface area contributed by atoms with E-state index in [0.29, 0.717) is 40.3 Å². The number of hydrogen-bond donors (Lipinski definition) is 3. The molecule has 0 unspecified atom stereocenters. The third kappa shape index (κ3) is 16.5. The van der Waals surface area contributed by atoms with Crippen molar-refractivity contribution in [1.29, 1.82) is 0 Å². The smallest absolute Gasteiger partial charge is 0.386 e. The van der Waals surface area contributed by atoms with Gasteiger partial charge < -0.3 is 30.3 Å². The van der Waals surface area contributed by atoms with Crippen LogP contribution in [0.5, 0.6) is 0 Å². The highest BCUT2D eigenvalue weighted by atomic mass is 79.9. The van der Waals surface area contributed by atoms with Gasteiger partial charge in [0.2, 0.25) is 0 Å². The minimum Gasteiger partial charge on any atom is -0.386 e. The van der Waals surface area contributed by atoms with Gasteiger partial charge in [-0.3, -0.25) is 37.4 Å². The van der Waals surface area contributed by atoms with E-state index in [1.165, 1.54) is 142 Å². The molecule has 0 bridgehead atoms. The van der Waals surface area contributed by atoms with Crippen molar-refractivity contribution in [3.63, 3.8) is 0 Å². The van der Waals surface area contributed by atoms with E-state index < -0.39 is 110 Å². The Labute approximate surface area is 599 Å². The molecule has 3 N–H and O–H groups in total. The Bertz CT molecular complexity index is 5200. The fraction of sp³-hybridized carbons (Fsp3) is 0.104. The Kier molecular flexibility index (Phi) is 22.0. The lowest BCUT2D eigenvalue weighted by Gasteiger charge is -2.31. The molecule has 518 valence electrons. The number of nitro groups is 1. The Balaban J connectivity index is 0.937. The number of benzene rings is 9. The van der Waals surface area contributed by atoms with Crippen LogP contribution in [-0.2, 0) is 44.4 Å². The molecule has 34 heteroatoms. The molecule has 0 radical (unpaired) electrons. The standard InChI is InChI=1S/C67H51BrCl3N9O18S3/c1-75(47-17-11-44(69)12-18-47)99(90,91)52-25-7-40(8-26-52)62(81)72-59-29-24-51(39-56(59)66(85)97-65(84)55-38-50(79(87)88)23-28-58(55)74-63(82)41-5-4-6-53(35-41)100(92,93)76(2)48-19-13-45(70)14-20-48)80(89)98-67(86)54-37-43(68)10-27-57(54)73-64(83)42-9-30-60(78-31-33-96-34-32-78)61(36-42)101(94,95)77(3)49-21-15-46(71)16-22-49/h4-30,35-39H,31-34H2,1-3H3,(H2-,72,73,74,81,82,83,84,85,86,89)/p+1. The molecule has 3 amide bonds. The van der Waals surface area contributed by atoms with Gasteiger partial charge in [-0.25, -0.2) is 39.6 Å². The number of amides is 3. The lowest BCUT2D eigenvalue weighted by Crippen LogP contribution is -2.38. The van der Waals surface area contributed by atoms with E-state index in [0.717, 1.165) is 73.6 Å². The largest absolute Gasteiger partial charge is 0.418 e. The molecule has 0 atom stereocenters. The summed E-state index contributed by atoms with van der Waals surface area (Å²) in [7, 11) is -9.09. The summed E-state index contributed by atoms with van der Waals surface area (Å²) in [5.41, 5.74) is -4.54. The minimum atomic E-state index is -4.41. The zero-order valence-corrected chi connectivity index (χ0v) is 58.9. The van der Waals surface area contributed by atoms with Gasteiger partial charge in [-0.1, -0.05) is 56.8 Å². The third-order valence-corrected chi connectivity index (χ3v) is 22.1. The Morgan fingerprint density at radius 1 is 0.485 bits per heavy atom. The zero-order chi connectivity index (χ0) is 72.8. The van der Waals surface area contributed by atoms with Gasteiger partial charge in [0.1, 0.15) is 4.90 Å². The van der Waals surface area contributed by atoms with Gasteiger partial charge in [0.15, 0.2) is 0 Å². The van der Waals surface area contributed by atoms with Crippen molar-refractivity contribution in [2.45, 2.75) is 14.7 Å². The summed E-state index contributed by atoms with van der Waals surface area (Å²) >= 11 is 21.4. The van der Waals surface area contributed by atoms with Gasteiger partial charge in [-0.15, -0.1) is 4.84 Å². The monoisotopic (exact) mass is 1550 g/mol. The van der Waals surface area contributed by atoms with Crippen molar-refractivity contribution < 1.29 is 78.2 Å². The lowest BCUT2D eigenvalue weighted by atomic mass is 10.1. The third-order valence-electron chi connectivity index (χ3n) is 15.5. The van der Waals surface area contributed by atoms with E-state index in [1.54, 1.807) is 4.90 Å². The van der Waals surface area contributed by atoms with Crippen molar-refractivity contribution in [3.8, 4) is 0 Å². The van der Waals surface area contributed by atoms with Crippen LogP contribution < -0.4 is 33.8 Å². The van der Waals surface area contributed by atoms with Crippen molar-refractivity contribution in [2.24, 2.45) is 0 Å². The second-order valence-electron chi connectivity index (χ2n) is 21.8. The maximum atomic E-state index is 14.5. The summed E-state index contributed by atoms with van der Waals surface area (Å²) in [4.78, 5) is 116. The molecular weight excluding hydrogens is 1500 g/mol. The molecule has 1 heterocycles. The molecule has 9 aromatic carbocycles. The normalized spacial score (nSPS) is 12.3. The topological polar surface area (TPSA) is 345 Å². The van der Waals surface area contributed by atoms with E-state index in [9.17, 15) is 69.0 Å². The maximum Gasteiger partial charge on any atom is 0.418 e. The molecule has 0 saturated carbocycles. The number of carbonyl (C=O) groups excluding carboxylic acids is 6. The second kappa shape index (κ2) is 30.5. The Morgan fingerprint density at radius 2 is 0.911 bits per heavy atom. The first kappa shape index (κ1) is 73.1. The number of nitro benzene ring substituents is 1. The molecule has 1 saturated heterocycles. The van der Waals surface area contributed by atoms with Gasteiger partial charge in [-0.05, 0) is 164 Å². The Hall–Kier alpha value is -10.6. The predicted molar refractivity (Wildman–Crippen MR) is 379 cm³/mol. The molecule has 10 rings (SSSR count). The first-order valence-corrected chi connectivity index (χ1v) is 35.7. The number of ether oxygens (including phenoxy) is 2. The highest BCUT2D eigenvalue weighted by molar-refractivity contribution is 9.10. The van der Waals surface area contributed by atoms with Crippen LogP contribution in [0.1, 0.15) is 62.1 Å². The van der Waals surface area contributed by atoms with E-state index in [1.807, 2.05) is 0 Å². The van der Waals surface area contributed by atoms with Crippen LogP contribution in [0.4, 0.5) is 51.2 Å². The number of nitrogens with zero attached hydrogens (tertiary/aromatic N) is 6. The zero-order valence-electron chi connectivity index (χ0n) is 52.6. The molecule has 1 fully saturated rings. The number of rotatable bonds is 22. The minimum absolute atomic E-state index is 0.187. The van der Waals surface area contributed by atoms with Crippen LogP contribution in [0.2, 0.25) is 15.1 Å². The number of esters is 2. The number of sulfonamides is 3. The summed E-state index contributed by atoms with van der Waals surface area (Å²) in [6.45, 7) is 1.22. The van der Waals surface area contributed by atoms with Gasteiger partial charge in [0.05, 0.1) is 89.3 Å². The SMILES string of the molecule is CN(c1ccc(Cl)cc1)S(=O)(=O)c1ccc(C(=O)Nc2ccc([N+](=O)OC(=O)c3cc(Br)ccc3NC(=O)c3ccc(N4CCOCC4)c(S(=O)(=O)N(C)c4ccc(Cl)cc4)c3)cc2C(=O)OC(=O)c2cc([N+](=O)[O-])ccc2NC(=O)c2cccc(S(=O)(=O)N(C)c3ccc(Cl)cc3)c2)cc1. The van der Waals surface area contributed by atoms with Gasteiger partial charge in [0.25, 0.3) is 58.4 Å². The van der Waals surface area contributed by atoms with Gasteiger partial charge in [-0.2, -0.15) is 0 Å². The highest BCUT2D eigenvalue weighted by Gasteiger charge is 2.34. The van der Waals surface area contributed by atoms with E-state index in [-0.39, 0.29) is 82.4 Å². The van der Waals surface area contributed by atoms with Gasteiger partial charge in [0, 0.05) is 94.7 Å². The first-order chi connectivity index (χ1) is 47.9. The van der Waals surface area contributed by atoms with Crippen molar-refractivity contribution in [2.75, 3.05) is 81.2 Å². The molecular formula is C67H52BrCl3N9O18S3+. The second-order valence-corrected chi connectivity index (χ2v) is 29.9. The number of halogens is 4. The average molecular weight is 1550 g/mol. The number of non-ortho nitro benzene ring substituents is 1. The fourth-order valence-electron chi connectivity index (χ4n) is 9.93. The summed E-state index contributed by atoms with van der Waals surface area (Å²) in [6, 6.07) is 39.9. The van der Waals surface area contributed by atoms with Crippen LogP contribution >= 0.6 is 50.7 Å². The van der Waals surface area contributed by atoms with Gasteiger partial charge >= 0.3 is 23.6 Å². The Morgan fingerprint density at radius 3 is 1.42 bits per heavy atom. The summed E-state index contributed by atoms with van der Waals surface area (Å²) in [6.07, 6.45) is 0. The first-order valence-electron chi connectivity index (χ1n) is 29.4. The number of anilines is 7. The van der Waals surface area contributed by atoms with Crippen molar-refractivity contribution in [3.05, 3.63) is 262 Å². The fourth-order valence-corrected chi connectivity index (χ4v) is 14.5. The highest BCUT2D eigenvalue weighted by Crippen LogP contribution is 2.35.